The molecule has 0 unspecified atom stereocenters. The largest absolute Gasteiger partial charge is 0.504 e. The van der Waals surface area contributed by atoms with E-state index in [1.807, 2.05) is 13.8 Å². The van der Waals surface area contributed by atoms with Crippen LogP contribution >= 0.6 is 0 Å². The predicted molar refractivity (Wildman–Crippen MR) is 56.1 cm³/mol. The number of carbonyl (C=O) groups is 1. The maximum Gasteiger partial charge on any atom is 0.171 e. The highest BCUT2D eigenvalue weighted by Crippen LogP contribution is 2.31. The first kappa shape index (κ1) is 12.5. The molecule has 3 heteroatoms. The van der Waals surface area contributed by atoms with Gasteiger partial charge in [-0.25, -0.2) is 0 Å². The Balaban J connectivity index is 0.000000791. The maximum absolute atomic E-state index is 10.5. The van der Waals surface area contributed by atoms with Crippen molar-refractivity contribution in [3.63, 3.8) is 0 Å². The molecular weight excluding hydrogens is 180 g/mol. The number of aryl methyl sites for hydroxylation is 1. The van der Waals surface area contributed by atoms with Gasteiger partial charge in [0, 0.05) is 0 Å². The van der Waals surface area contributed by atoms with Crippen molar-refractivity contribution in [1.29, 1.82) is 0 Å². The SMILES string of the molecule is CC.COc1c(C=O)ccc(C)c1O. The van der Waals surface area contributed by atoms with E-state index in [1.165, 1.54) is 7.11 Å². The lowest BCUT2D eigenvalue weighted by atomic mass is 10.1. The van der Waals surface area contributed by atoms with Gasteiger partial charge in [-0.2, -0.15) is 0 Å². The second-order valence-corrected chi connectivity index (χ2v) is 2.47. The van der Waals surface area contributed by atoms with Crippen LogP contribution in [0.1, 0.15) is 29.8 Å². The molecule has 0 aliphatic rings. The smallest absolute Gasteiger partial charge is 0.171 e. The van der Waals surface area contributed by atoms with Crippen molar-refractivity contribution in [2.75, 3.05) is 7.11 Å². The number of methoxy groups -OCH3 is 1. The molecule has 0 heterocycles. The van der Waals surface area contributed by atoms with E-state index < -0.39 is 0 Å². The Morgan fingerprint density at radius 3 is 2.36 bits per heavy atom. The number of benzene rings is 1. The Hall–Kier alpha value is -1.51. The van der Waals surface area contributed by atoms with Gasteiger partial charge >= 0.3 is 0 Å². The number of aldehydes is 1. The first-order valence-corrected chi connectivity index (χ1v) is 4.52. The topological polar surface area (TPSA) is 46.5 Å². The predicted octanol–water partition coefficient (Wildman–Crippen LogP) is 2.55. The van der Waals surface area contributed by atoms with Crippen LogP contribution in [0.2, 0.25) is 0 Å². The first-order chi connectivity index (χ1) is 6.70. The number of phenolic OH excluding ortho intramolecular Hbond substituents is 1. The summed E-state index contributed by atoms with van der Waals surface area (Å²) in [4.78, 5) is 10.5. The van der Waals surface area contributed by atoms with Crippen LogP contribution < -0.4 is 4.74 Å². The van der Waals surface area contributed by atoms with Crippen LogP contribution in [0.25, 0.3) is 0 Å². The standard InChI is InChI=1S/C9H10O3.C2H6/c1-6-3-4-7(5-10)9(12-2)8(6)11;1-2/h3-5,11H,1-2H3;1-2H3. The molecule has 0 saturated heterocycles. The highest BCUT2D eigenvalue weighted by Gasteiger charge is 2.09. The van der Waals surface area contributed by atoms with Gasteiger partial charge in [0.15, 0.2) is 17.8 Å². The summed E-state index contributed by atoms with van der Waals surface area (Å²) in [5, 5.41) is 9.43. The van der Waals surface area contributed by atoms with Gasteiger partial charge in [0.2, 0.25) is 0 Å². The fraction of sp³-hybridized carbons (Fsp3) is 0.364. The Bertz CT molecular complexity index is 306. The summed E-state index contributed by atoms with van der Waals surface area (Å²) in [5.74, 6) is 0.270. The normalized spacial score (nSPS) is 8.57. The van der Waals surface area contributed by atoms with E-state index in [0.29, 0.717) is 17.4 Å². The summed E-state index contributed by atoms with van der Waals surface area (Å²) in [6, 6.07) is 3.28. The van der Waals surface area contributed by atoms with E-state index in [9.17, 15) is 9.90 Å². The van der Waals surface area contributed by atoms with E-state index in [2.05, 4.69) is 0 Å². The third-order valence-electron chi connectivity index (χ3n) is 1.69. The number of rotatable bonds is 2. The monoisotopic (exact) mass is 196 g/mol. The molecule has 1 aromatic rings. The van der Waals surface area contributed by atoms with Gasteiger partial charge in [-0.3, -0.25) is 4.79 Å². The van der Waals surface area contributed by atoms with Gasteiger partial charge in [-0.05, 0) is 18.6 Å². The van der Waals surface area contributed by atoms with Gasteiger partial charge in [0.25, 0.3) is 0 Å². The molecule has 14 heavy (non-hydrogen) atoms. The zero-order valence-corrected chi connectivity index (χ0v) is 9.00. The lowest BCUT2D eigenvalue weighted by molar-refractivity contribution is 0.112. The number of hydrogen-bond acceptors (Lipinski definition) is 3. The Kier molecular flexibility index (Phi) is 5.37. The van der Waals surface area contributed by atoms with E-state index in [1.54, 1.807) is 19.1 Å². The summed E-state index contributed by atoms with van der Waals surface area (Å²) in [7, 11) is 1.42. The molecule has 0 fully saturated rings. The minimum absolute atomic E-state index is 0.0297. The van der Waals surface area contributed by atoms with Gasteiger partial charge in [0.1, 0.15) is 0 Å². The fourth-order valence-electron chi connectivity index (χ4n) is 0.993. The van der Waals surface area contributed by atoms with Gasteiger partial charge in [-0.15, -0.1) is 0 Å². The van der Waals surface area contributed by atoms with Crippen LogP contribution in [-0.2, 0) is 0 Å². The van der Waals surface area contributed by atoms with Gasteiger partial charge in [-0.1, -0.05) is 19.9 Å². The molecule has 0 aliphatic carbocycles. The van der Waals surface area contributed by atoms with Crippen molar-refractivity contribution in [3.05, 3.63) is 23.3 Å². The number of hydrogen-bond donors (Lipinski definition) is 1. The maximum atomic E-state index is 10.5. The molecule has 1 aromatic carbocycles. The zero-order valence-electron chi connectivity index (χ0n) is 9.00. The van der Waals surface area contributed by atoms with Crippen LogP contribution in [0.15, 0.2) is 12.1 Å². The molecule has 1 rings (SSSR count). The second kappa shape index (κ2) is 6.02. The number of carbonyl (C=O) groups excluding carboxylic acids is 1. The number of phenols is 1. The molecule has 0 bridgehead atoms. The highest BCUT2D eigenvalue weighted by atomic mass is 16.5. The van der Waals surface area contributed by atoms with Crippen molar-refractivity contribution in [1.82, 2.24) is 0 Å². The van der Waals surface area contributed by atoms with Gasteiger partial charge < -0.3 is 9.84 Å². The van der Waals surface area contributed by atoms with E-state index >= 15 is 0 Å². The molecule has 0 radical (unpaired) electrons. The molecule has 0 saturated carbocycles. The third kappa shape index (κ3) is 2.49. The molecule has 1 N–H and O–H groups in total. The average Bonchev–Trinajstić information content (AvgIpc) is 2.24. The van der Waals surface area contributed by atoms with E-state index in [0.717, 1.165) is 0 Å². The molecule has 0 aliphatic heterocycles. The quantitative estimate of drug-likeness (QED) is 0.739. The number of aromatic hydroxyl groups is 1. The van der Waals surface area contributed by atoms with Crippen LogP contribution in [0.3, 0.4) is 0 Å². The molecule has 0 atom stereocenters. The molecule has 3 nitrogen and oxygen atoms in total. The Morgan fingerprint density at radius 2 is 1.93 bits per heavy atom. The van der Waals surface area contributed by atoms with Crippen molar-refractivity contribution < 1.29 is 14.6 Å². The summed E-state index contributed by atoms with van der Waals surface area (Å²) in [6.07, 6.45) is 0.651. The molecule has 78 valence electrons. The minimum Gasteiger partial charge on any atom is -0.504 e. The zero-order chi connectivity index (χ0) is 11.1. The summed E-state index contributed by atoms with van der Waals surface area (Å²) >= 11 is 0. The van der Waals surface area contributed by atoms with E-state index in [-0.39, 0.29) is 11.5 Å². The summed E-state index contributed by atoms with van der Waals surface area (Å²) in [5.41, 5.74) is 1.05. The highest BCUT2D eigenvalue weighted by molar-refractivity contribution is 5.81. The summed E-state index contributed by atoms with van der Waals surface area (Å²) in [6.45, 7) is 5.74. The number of ether oxygens (including phenoxy) is 1. The minimum atomic E-state index is 0.0297. The lowest BCUT2D eigenvalue weighted by Crippen LogP contribution is -1.92. The van der Waals surface area contributed by atoms with Crippen LogP contribution in [0, 0.1) is 6.92 Å². The van der Waals surface area contributed by atoms with Crippen LogP contribution in [0.5, 0.6) is 11.5 Å². The Morgan fingerprint density at radius 1 is 1.36 bits per heavy atom. The average molecular weight is 196 g/mol. The Labute approximate surface area is 84.3 Å². The molecular formula is C11H16O3. The fourth-order valence-corrected chi connectivity index (χ4v) is 0.993. The van der Waals surface area contributed by atoms with Crippen molar-refractivity contribution >= 4 is 6.29 Å². The van der Waals surface area contributed by atoms with Crippen molar-refractivity contribution in [2.45, 2.75) is 20.8 Å². The third-order valence-corrected chi connectivity index (χ3v) is 1.69. The second-order valence-electron chi connectivity index (χ2n) is 2.47. The molecule has 0 spiro atoms. The van der Waals surface area contributed by atoms with Crippen molar-refractivity contribution in [3.8, 4) is 11.5 Å². The van der Waals surface area contributed by atoms with Crippen LogP contribution in [-0.4, -0.2) is 18.5 Å². The van der Waals surface area contributed by atoms with Crippen molar-refractivity contribution in [2.24, 2.45) is 0 Å². The molecule has 0 aromatic heterocycles. The van der Waals surface area contributed by atoms with Crippen LogP contribution in [0.4, 0.5) is 0 Å². The lowest BCUT2D eigenvalue weighted by Gasteiger charge is -2.07. The first-order valence-electron chi connectivity index (χ1n) is 4.52. The molecule has 0 amide bonds. The van der Waals surface area contributed by atoms with E-state index in [4.69, 9.17) is 4.74 Å². The van der Waals surface area contributed by atoms with Gasteiger partial charge in [0.05, 0.1) is 12.7 Å². The summed E-state index contributed by atoms with van der Waals surface area (Å²) < 4.78 is 4.87.